The van der Waals surface area contributed by atoms with Crippen molar-refractivity contribution < 1.29 is 9.13 Å². The maximum absolute atomic E-state index is 14.9. The Morgan fingerprint density at radius 3 is 2.94 bits per heavy atom. The molecule has 4 aromatic rings. The highest BCUT2D eigenvalue weighted by Gasteiger charge is 2.31. The van der Waals surface area contributed by atoms with Crippen molar-refractivity contribution >= 4 is 22.4 Å². The van der Waals surface area contributed by atoms with Gasteiger partial charge in [0.25, 0.3) is 0 Å². The van der Waals surface area contributed by atoms with Crippen molar-refractivity contribution in [3.63, 3.8) is 0 Å². The topological polar surface area (TPSA) is 67.6 Å². The molecule has 1 aliphatic rings. The van der Waals surface area contributed by atoms with Gasteiger partial charge in [-0.3, -0.25) is 9.88 Å². The van der Waals surface area contributed by atoms with Crippen molar-refractivity contribution in [1.82, 2.24) is 24.5 Å². The fourth-order valence-electron chi connectivity index (χ4n) is 4.59. The molecule has 33 heavy (non-hydrogen) atoms. The summed E-state index contributed by atoms with van der Waals surface area (Å²) in [7, 11) is 1.59. The number of anilines is 1. The third kappa shape index (κ3) is 4.11. The second kappa shape index (κ2) is 8.94. The van der Waals surface area contributed by atoms with Crippen LogP contribution in [0.25, 0.3) is 27.5 Å². The lowest BCUT2D eigenvalue weighted by Gasteiger charge is -2.38. The molecule has 4 heterocycles. The number of halogens is 1. The fraction of sp³-hybridized carbons (Fsp3) is 0.400. The van der Waals surface area contributed by atoms with E-state index in [0.29, 0.717) is 30.8 Å². The summed E-state index contributed by atoms with van der Waals surface area (Å²) in [5.41, 5.74) is 3.71. The Kier molecular flexibility index (Phi) is 5.85. The first-order valence-electron chi connectivity index (χ1n) is 11.5. The summed E-state index contributed by atoms with van der Waals surface area (Å²) in [6, 6.07) is 12.2. The van der Waals surface area contributed by atoms with Crippen LogP contribution < -0.4 is 10.1 Å². The van der Waals surface area contributed by atoms with Crippen LogP contribution in [0.1, 0.15) is 26.7 Å². The van der Waals surface area contributed by atoms with E-state index in [-0.39, 0.29) is 6.04 Å². The minimum absolute atomic E-state index is 0.324. The average molecular weight is 449 g/mol. The van der Waals surface area contributed by atoms with E-state index in [1.807, 2.05) is 36.5 Å². The van der Waals surface area contributed by atoms with E-state index < -0.39 is 6.17 Å². The summed E-state index contributed by atoms with van der Waals surface area (Å²) < 4.78 is 22.3. The summed E-state index contributed by atoms with van der Waals surface area (Å²) in [6.45, 7) is 5.57. The van der Waals surface area contributed by atoms with Crippen molar-refractivity contribution in [2.75, 3.05) is 25.5 Å². The highest BCUT2D eigenvalue weighted by Crippen LogP contribution is 2.33. The van der Waals surface area contributed by atoms with Gasteiger partial charge in [-0.1, -0.05) is 19.1 Å². The molecule has 172 valence electrons. The van der Waals surface area contributed by atoms with Gasteiger partial charge in [0, 0.05) is 42.5 Å². The van der Waals surface area contributed by atoms with Crippen LogP contribution in [0.4, 0.5) is 10.3 Å². The smallest absolute Gasteiger partial charge is 0.244 e. The summed E-state index contributed by atoms with van der Waals surface area (Å²) in [5.74, 6) is 0.820. The number of hydrogen-bond donors (Lipinski definition) is 1. The number of piperidine rings is 1. The van der Waals surface area contributed by atoms with Crippen LogP contribution in [0.5, 0.6) is 5.88 Å². The van der Waals surface area contributed by atoms with Gasteiger partial charge in [0.05, 0.1) is 18.7 Å². The molecule has 0 amide bonds. The van der Waals surface area contributed by atoms with E-state index in [1.165, 1.54) is 0 Å². The van der Waals surface area contributed by atoms with Gasteiger partial charge in [0.2, 0.25) is 11.8 Å². The minimum atomic E-state index is -0.982. The first-order valence-corrected chi connectivity index (χ1v) is 11.5. The zero-order valence-electron chi connectivity index (χ0n) is 19.2. The number of rotatable bonds is 6. The molecule has 1 aromatic carbocycles. The first kappa shape index (κ1) is 21.6. The number of pyridine rings is 1. The third-order valence-corrected chi connectivity index (χ3v) is 6.69. The molecule has 0 spiro atoms. The number of nitrogens with one attached hydrogen (secondary N) is 1. The van der Waals surface area contributed by atoms with E-state index in [9.17, 15) is 4.39 Å². The van der Waals surface area contributed by atoms with E-state index in [0.717, 1.165) is 40.5 Å². The molecule has 0 bridgehead atoms. The monoisotopic (exact) mass is 448 g/mol. The molecule has 0 aliphatic carbocycles. The summed E-state index contributed by atoms with van der Waals surface area (Å²) in [6.07, 6.45) is 4.41. The number of nitrogens with zero attached hydrogens (tertiary/aromatic N) is 5. The quantitative estimate of drug-likeness (QED) is 0.466. The molecule has 3 atom stereocenters. The van der Waals surface area contributed by atoms with Gasteiger partial charge in [-0.15, -0.1) is 5.10 Å². The summed E-state index contributed by atoms with van der Waals surface area (Å²) >= 11 is 0. The van der Waals surface area contributed by atoms with Gasteiger partial charge in [-0.2, -0.15) is 4.98 Å². The van der Waals surface area contributed by atoms with Crippen molar-refractivity contribution in [2.45, 2.75) is 44.9 Å². The highest BCUT2D eigenvalue weighted by atomic mass is 19.1. The van der Waals surface area contributed by atoms with Crippen molar-refractivity contribution in [3.05, 3.63) is 48.8 Å². The Labute approximate surface area is 192 Å². The van der Waals surface area contributed by atoms with Gasteiger partial charge in [0.1, 0.15) is 11.7 Å². The molecule has 0 radical (unpaired) electrons. The Bertz CT molecular complexity index is 1270. The van der Waals surface area contributed by atoms with Crippen LogP contribution in [0.2, 0.25) is 0 Å². The zero-order valence-corrected chi connectivity index (χ0v) is 19.2. The Morgan fingerprint density at radius 1 is 1.27 bits per heavy atom. The van der Waals surface area contributed by atoms with Gasteiger partial charge in [-0.05, 0) is 49.6 Å². The Balaban J connectivity index is 1.43. The molecule has 1 fully saturated rings. The van der Waals surface area contributed by atoms with Gasteiger partial charge < -0.3 is 10.1 Å². The van der Waals surface area contributed by atoms with E-state index in [2.05, 4.69) is 45.2 Å². The standard InChI is InChI=1S/C25H29FN6O/c1-4-16(2)31-12-10-22(20(26)15-31)28-25-29-24(33-3)23-19(9-13-32(23)30-25)17-7-8-21-18(14-17)6-5-11-27-21/h5-9,11,13-14,16,20,22H,4,10,12,15H2,1-3H3,(H,28,30). The maximum atomic E-state index is 14.9. The Morgan fingerprint density at radius 2 is 2.15 bits per heavy atom. The van der Waals surface area contributed by atoms with Gasteiger partial charge in [0.15, 0.2) is 0 Å². The van der Waals surface area contributed by atoms with Crippen LogP contribution in [0.15, 0.2) is 48.8 Å². The molecule has 1 N–H and O–H groups in total. The second-order valence-electron chi connectivity index (χ2n) is 8.69. The second-order valence-corrected chi connectivity index (χ2v) is 8.69. The number of likely N-dealkylation sites (tertiary alicyclic amines) is 1. The molecular formula is C25H29FN6O. The van der Waals surface area contributed by atoms with E-state index >= 15 is 0 Å². The molecule has 0 saturated carbocycles. The number of hydrogen-bond acceptors (Lipinski definition) is 6. The van der Waals surface area contributed by atoms with E-state index in [4.69, 9.17) is 4.74 Å². The third-order valence-electron chi connectivity index (χ3n) is 6.69. The van der Waals surface area contributed by atoms with Crippen LogP contribution >= 0.6 is 0 Å². The first-order chi connectivity index (χ1) is 16.1. The molecular weight excluding hydrogens is 419 g/mol. The summed E-state index contributed by atoms with van der Waals surface area (Å²) in [4.78, 5) is 11.2. The lowest BCUT2D eigenvalue weighted by atomic mass is 10.0. The normalized spacial score (nSPS) is 20.2. The lowest BCUT2D eigenvalue weighted by Crippen LogP contribution is -2.50. The van der Waals surface area contributed by atoms with Crippen molar-refractivity contribution in [2.24, 2.45) is 0 Å². The van der Waals surface area contributed by atoms with Crippen molar-refractivity contribution in [1.29, 1.82) is 0 Å². The number of aromatic nitrogens is 4. The van der Waals surface area contributed by atoms with Gasteiger partial charge >= 0.3 is 0 Å². The predicted molar refractivity (Wildman–Crippen MR) is 129 cm³/mol. The fourth-order valence-corrected chi connectivity index (χ4v) is 4.59. The van der Waals surface area contributed by atoms with Crippen LogP contribution in [0.3, 0.4) is 0 Å². The molecule has 1 aliphatic heterocycles. The summed E-state index contributed by atoms with van der Waals surface area (Å²) in [5, 5.41) is 8.89. The SMILES string of the molecule is CCC(C)N1CCC(Nc2nc(OC)c3c(-c4ccc5ncccc5c4)ccn3n2)C(F)C1. The lowest BCUT2D eigenvalue weighted by molar-refractivity contribution is 0.0937. The number of methoxy groups -OCH3 is 1. The molecule has 5 rings (SSSR count). The molecule has 8 heteroatoms. The largest absolute Gasteiger partial charge is 0.479 e. The van der Waals surface area contributed by atoms with E-state index in [1.54, 1.807) is 17.8 Å². The molecule has 3 unspecified atom stereocenters. The number of fused-ring (bicyclic) bond motifs is 2. The van der Waals surface area contributed by atoms with Gasteiger partial charge in [-0.25, -0.2) is 8.91 Å². The predicted octanol–water partition coefficient (Wildman–Crippen LogP) is 4.58. The number of alkyl halides is 1. The van der Waals surface area contributed by atoms with Crippen molar-refractivity contribution in [3.8, 4) is 17.0 Å². The Hall–Kier alpha value is -3.26. The average Bonchev–Trinajstić information content (AvgIpc) is 3.28. The molecule has 1 saturated heterocycles. The molecule has 7 nitrogen and oxygen atoms in total. The number of ether oxygens (including phenoxy) is 1. The van der Waals surface area contributed by atoms with Crippen LogP contribution in [-0.4, -0.2) is 62.9 Å². The van der Waals surface area contributed by atoms with Crippen LogP contribution in [0, 0.1) is 0 Å². The number of benzene rings is 1. The minimum Gasteiger partial charge on any atom is -0.479 e. The molecule has 3 aromatic heterocycles. The van der Waals surface area contributed by atoms with Crippen LogP contribution in [-0.2, 0) is 0 Å². The zero-order chi connectivity index (χ0) is 22.9. The maximum Gasteiger partial charge on any atom is 0.244 e. The highest BCUT2D eigenvalue weighted by molar-refractivity contribution is 5.90.